The van der Waals surface area contributed by atoms with Crippen molar-refractivity contribution in [2.75, 3.05) is 5.75 Å². The first-order valence-corrected chi connectivity index (χ1v) is 10.7. The van der Waals surface area contributed by atoms with E-state index >= 15 is 0 Å². The van der Waals surface area contributed by atoms with Gasteiger partial charge in [-0.15, -0.1) is 0 Å². The highest BCUT2D eigenvalue weighted by Gasteiger charge is 2.17. The lowest BCUT2D eigenvalue weighted by Gasteiger charge is -2.11. The van der Waals surface area contributed by atoms with Crippen molar-refractivity contribution >= 4 is 28.7 Å². The van der Waals surface area contributed by atoms with Gasteiger partial charge in [-0.3, -0.25) is 4.79 Å². The maximum absolute atomic E-state index is 12.4. The molecule has 3 aromatic rings. The average molecular weight is 421 g/mol. The van der Waals surface area contributed by atoms with Crippen LogP contribution in [0.1, 0.15) is 19.4 Å². The number of hydrogen-bond donors (Lipinski definition) is 2. The molecule has 0 bridgehead atoms. The summed E-state index contributed by atoms with van der Waals surface area (Å²) < 4.78 is 2.11. The van der Waals surface area contributed by atoms with Crippen LogP contribution in [-0.4, -0.2) is 26.3 Å². The van der Waals surface area contributed by atoms with E-state index in [0.29, 0.717) is 5.92 Å². The molecule has 0 saturated carbocycles. The van der Waals surface area contributed by atoms with Crippen molar-refractivity contribution in [2.45, 2.75) is 32.1 Å². The summed E-state index contributed by atoms with van der Waals surface area (Å²) in [4.78, 5) is 17.0. The van der Waals surface area contributed by atoms with E-state index in [1.807, 2.05) is 60.7 Å². The van der Waals surface area contributed by atoms with Crippen molar-refractivity contribution < 1.29 is 9.90 Å². The Labute approximate surface area is 180 Å². The lowest BCUT2D eigenvalue weighted by molar-refractivity contribution is -0.117. The van der Waals surface area contributed by atoms with Gasteiger partial charge in [0.25, 0.3) is 5.91 Å². The number of nitrogens with zero attached hydrogens (tertiary/aromatic N) is 3. The van der Waals surface area contributed by atoms with Gasteiger partial charge >= 0.3 is 0 Å². The normalized spacial score (nSPS) is 11.9. The monoisotopic (exact) mass is 420 g/mol. The molecule has 0 fully saturated rings. The Bertz CT molecular complexity index is 1100. The number of nitrogens with one attached hydrogen (secondary N) is 1. The molecule has 7 heteroatoms. The third-order valence-electron chi connectivity index (χ3n) is 4.43. The SMILES string of the molecule is CC(C)Cn1c(SC/C(O)=C(/C#N)C(=O)NCc2ccccc2)nc2ccccc21. The summed E-state index contributed by atoms with van der Waals surface area (Å²) in [5, 5.41) is 23.2. The molecule has 30 heavy (non-hydrogen) atoms. The van der Waals surface area contributed by atoms with E-state index in [1.54, 1.807) is 0 Å². The summed E-state index contributed by atoms with van der Waals surface area (Å²) in [6.07, 6.45) is 0. The molecule has 0 spiro atoms. The van der Waals surface area contributed by atoms with Crippen LogP contribution in [-0.2, 0) is 17.9 Å². The standard InChI is InChI=1S/C23H24N4O2S/c1-16(2)14-27-20-11-7-6-10-19(20)26-23(27)30-15-21(28)18(12-24)22(29)25-13-17-8-4-3-5-9-17/h3-11,16,28H,13-15H2,1-2H3,(H,25,29)/b21-18+. The number of rotatable bonds is 8. The number of para-hydroxylation sites is 2. The van der Waals surface area contributed by atoms with Crippen LogP contribution in [0.4, 0.5) is 0 Å². The highest BCUT2D eigenvalue weighted by atomic mass is 32.2. The number of fused-ring (bicyclic) bond motifs is 1. The lowest BCUT2D eigenvalue weighted by atomic mass is 10.2. The summed E-state index contributed by atoms with van der Waals surface area (Å²) >= 11 is 1.31. The molecule has 1 aromatic heterocycles. The predicted octanol–water partition coefficient (Wildman–Crippen LogP) is 4.44. The molecule has 6 nitrogen and oxygen atoms in total. The molecule has 0 radical (unpaired) electrons. The largest absolute Gasteiger partial charge is 0.510 e. The molecular weight excluding hydrogens is 396 g/mol. The molecule has 1 heterocycles. The van der Waals surface area contributed by atoms with Gasteiger partial charge in [0.05, 0.1) is 16.8 Å². The van der Waals surface area contributed by atoms with Crippen LogP contribution in [0.25, 0.3) is 11.0 Å². The fraction of sp³-hybridized carbons (Fsp3) is 0.261. The minimum Gasteiger partial charge on any atom is -0.510 e. The number of aliphatic hydroxyl groups excluding tert-OH is 1. The first-order valence-electron chi connectivity index (χ1n) is 9.72. The van der Waals surface area contributed by atoms with E-state index in [2.05, 4.69) is 28.7 Å². The molecule has 2 N–H and O–H groups in total. The molecule has 154 valence electrons. The molecule has 3 rings (SSSR count). The van der Waals surface area contributed by atoms with Gasteiger partial charge in [0.2, 0.25) is 0 Å². The molecule has 0 aliphatic heterocycles. The Kier molecular flexibility index (Phi) is 7.15. The average Bonchev–Trinajstić information content (AvgIpc) is 3.09. The van der Waals surface area contributed by atoms with Crippen LogP contribution < -0.4 is 5.32 Å². The van der Waals surface area contributed by atoms with Gasteiger partial charge in [-0.05, 0) is 23.6 Å². The van der Waals surface area contributed by atoms with E-state index in [1.165, 1.54) is 11.8 Å². The van der Waals surface area contributed by atoms with Crippen molar-refractivity contribution in [3.63, 3.8) is 0 Å². The minimum atomic E-state index is -0.588. The summed E-state index contributed by atoms with van der Waals surface area (Å²) in [6.45, 7) is 5.34. The van der Waals surface area contributed by atoms with Crippen LogP contribution in [0, 0.1) is 17.2 Å². The Morgan fingerprint density at radius 2 is 1.90 bits per heavy atom. The molecule has 0 aliphatic carbocycles. The van der Waals surface area contributed by atoms with E-state index in [0.717, 1.165) is 28.3 Å². The number of aromatic nitrogens is 2. The minimum absolute atomic E-state index is 0.0864. The number of carbonyl (C=O) groups excluding carboxylic acids is 1. The number of imidazole rings is 1. The smallest absolute Gasteiger partial charge is 0.265 e. The van der Waals surface area contributed by atoms with Crippen molar-refractivity contribution in [1.29, 1.82) is 5.26 Å². The molecular formula is C23H24N4O2S. The highest BCUT2D eigenvalue weighted by Crippen LogP contribution is 2.26. The molecule has 0 saturated heterocycles. The first kappa shape index (κ1) is 21.5. The fourth-order valence-corrected chi connectivity index (χ4v) is 3.92. The van der Waals surface area contributed by atoms with Crippen molar-refractivity contribution in [1.82, 2.24) is 14.9 Å². The third-order valence-corrected chi connectivity index (χ3v) is 5.42. The van der Waals surface area contributed by atoms with Gasteiger partial charge in [0.1, 0.15) is 11.8 Å². The summed E-state index contributed by atoms with van der Waals surface area (Å²) in [5.74, 6) is -0.334. The zero-order valence-corrected chi connectivity index (χ0v) is 17.8. The van der Waals surface area contributed by atoms with Crippen molar-refractivity contribution in [3.8, 4) is 6.07 Å². The molecule has 0 unspecified atom stereocenters. The zero-order chi connectivity index (χ0) is 21.5. The van der Waals surface area contributed by atoms with Gasteiger partial charge < -0.3 is 15.0 Å². The number of thioether (sulfide) groups is 1. The number of carbonyl (C=O) groups is 1. The van der Waals surface area contributed by atoms with E-state index in [4.69, 9.17) is 0 Å². The van der Waals surface area contributed by atoms with Gasteiger partial charge in [-0.1, -0.05) is 68.1 Å². The summed E-state index contributed by atoms with van der Waals surface area (Å²) in [6, 6.07) is 19.1. The maximum atomic E-state index is 12.4. The number of hydrogen-bond acceptors (Lipinski definition) is 5. The van der Waals surface area contributed by atoms with Crippen molar-refractivity contribution in [3.05, 3.63) is 71.5 Å². The van der Waals surface area contributed by atoms with Crippen LogP contribution in [0.3, 0.4) is 0 Å². The Morgan fingerprint density at radius 1 is 1.20 bits per heavy atom. The lowest BCUT2D eigenvalue weighted by Crippen LogP contribution is -2.25. The Morgan fingerprint density at radius 3 is 2.60 bits per heavy atom. The number of aliphatic hydroxyl groups is 1. The van der Waals surface area contributed by atoms with Crippen LogP contribution >= 0.6 is 11.8 Å². The first-order chi connectivity index (χ1) is 14.5. The predicted molar refractivity (Wildman–Crippen MR) is 119 cm³/mol. The van der Waals surface area contributed by atoms with Gasteiger partial charge in [-0.25, -0.2) is 4.98 Å². The number of benzene rings is 2. The van der Waals surface area contributed by atoms with E-state index < -0.39 is 5.91 Å². The van der Waals surface area contributed by atoms with E-state index in [9.17, 15) is 15.2 Å². The fourth-order valence-electron chi connectivity index (χ4n) is 3.02. The maximum Gasteiger partial charge on any atom is 0.265 e. The number of amides is 1. The quantitative estimate of drug-likeness (QED) is 0.243. The molecule has 0 aliphatic rings. The van der Waals surface area contributed by atoms with Crippen LogP contribution in [0.15, 0.2) is 71.1 Å². The van der Waals surface area contributed by atoms with Crippen molar-refractivity contribution in [2.24, 2.45) is 5.92 Å². The Hall–Kier alpha value is -3.24. The second kappa shape index (κ2) is 9.99. The summed E-state index contributed by atoms with van der Waals surface area (Å²) in [7, 11) is 0. The van der Waals surface area contributed by atoms with Crippen LogP contribution in [0.2, 0.25) is 0 Å². The van der Waals surface area contributed by atoms with Gasteiger partial charge in [0, 0.05) is 13.1 Å². The topological polar surface area (TPSA) is 90.9 Å². The molecule has 1 amide bonds. The zero-order valence-electron chi connectivity index (χ0n) is 17.0. The second-order valence-electron chi connectivity index (χ2n) is 7.28. The van der Waals surface area contributed by atoms with E-state index in [-0.39, 0.29) is 23.6 Å². The second-order valence-corrected chi connectivity index (χ2v) is 8.22. The third kappa shape index (κ3) is 5.22. The number of nitriles is 1. The summed E-state index contributed by atoms with van der Waals surface area (Å²) in [5.41, 5.74) is 2.55. The molecule has 0 atom stereocenters. The Balaban J connectivity index is 1.74. The van der Waals surface area contributed by atoms with Gasteiger partial charge in [-0.2, -0.15) is 5.26 Å². The molecule has 2 aromatic carbocycles. The highest BCUT2D eigenvalue weighted by molar-refractivity contribution is 7.99. The van der Waals surface area contributed by atoms with Crippen LogP contribution in [0.5, 0.6) is 0 Å². The van der Waals surface area contributed by atoms with Gasteiger partial charge in [0.15, 0.2) is 10.7 Å².